The van der Waals surface area contributed by atoms with Gasteiger partial charge in [-0.2, -0.15) is 9.13 Å². The van der Waals surface area contributed by atoms with Crippen molar-refractivity contribution in [2.45, 2.75) is 122 Å². The molecule has 1 aromatic carbocycles. The van der Waals surface area contributed by atoms with E-state index >= 15 is 0 Å². The average Bonchev–Trinajstić information content (AvgIpc) is 3.71. The minimum absolute atomic E-state index is 0.0752. The molecule has 262 valence electrons. The first-order chi connectivity index (χ1) is 23.9. The van der Waals surface area contributed by atoms with Gasteiger partial charge in [0, 0.05) is 35.0 Å². The SMILES string of the molecule is C=CC1C(C2C(C)=C(C(=C)OC(=C)NC)c3c4c(c(C(C)C)c[n+]32)CCCC4)c2ccccc2-c2cc(CC3CCCC3)c([Si](C)(C)C)c[n+]21. The second-order valence-corrected chi connectivity index (χ2v) is 21.8. The molecule has 3 aromatic rings. The van der Waals surface area contributed by atoms with Crippen LogP contribution in [0.2, 0.25) is 19.6 Å². The third-order valence-corrected chi connectivity index (χ3v) is 14.4. The Hall–Kier alpha value is -3.70. The van der Waals surface area contributed by atoms with E-state index in [9.17, 15) is 0 Å². The van der Waals surface area contributed by atoms with Crippen LogP contribution in [0.3, 0.4) is 0 Å². The van der Waals surface area contributed by atoms with Gasteiger partial charge < -0.3 is 10.1 Å². The van der Waals surface area contributed by atoms with E-state index in [-0.39, 0.29) is 18.0 Å². The largest absolute Gasteiger partial charge is 0.442 e. The summed E-state index contributed by atoms with van der Waals surface area (Å²) < 4.78 is 11.6. The number of hydrogen-bond donors (Lipinski definition) is 1. The fourth-order valence-corrected chi connectivity index (χ4v) is 11.6. The lowest BCUT2D eigenvalue weighted by molar-refractivity contribution is -0.746. The molecule has 4 aliphatic rings. The van der Waals surface area contributed by atoms with Crippen LogP contribution in [-0.4, -0.2) is 15.1 Å². The standard InChI is InChI=1S/C45H59N3OSi/c1-11-39-43(36-22-16-15-21-35(36)40-25-33(24-32-18-12-13-19-32)41(27-47(39)40)50(8,9)10)44-29(4)42(30(5)49-31(6)46-7)45-37-23-17-14-20-34(37)38(28(2)3)26-48(44)45/h11,15-16,21-22,25-28,32,39,43-44,46H,1,5-6,12-14,17-20,23-24H2,2-4,7-10H3/q+2. The zero-order valence-electron chi connectivity index (χ0n) is 31.8. The molecule has 0 radical (unpaired) electrons. The van der Waals surface area contributed by atoms with Gasteiger partial charge in [0.2, 0.25) is 11.4 Å². The van der Waals surface area contributed by atoms with Crippen LogP contribution >= 0.6 is 0 Å². The molecule has 2 aliphatic heterocycles. The van der Waals surface area contributed by atoms with Crippen molar-refractivity contribution in [2.24, 2.45) is 5.92 Å². The first-order valence-corrected chi connectivity index (χ1v) is 22.8. The molecule has 0 amide bonds. The lowest BCUT2D eigenvalue weighted by Crippen LogP contribution is -2.56. The van der Waals surface area contributed by atoms with E-state index in [0.717, 1.165) is 24.3 Å². The van der Waals surface area contributed by atoms with Gasteiger partial charge in [0.05, 0.1) is 19.2 Å². The molecule has 3 atom stereocenters. The summed E-state index contributed by atoms with van der Waals surface area (Å²) in [4.78, 5) is 0. The van der Waals surface area contributed by atoms with Crippen LogP contribution < -0.4 is 19.6 Å². The van der Waals surface area contributed by atoms with Gasteiger partial charge in [-0.25, -0.2) is 0 Å². The van der Waals surface area contributed by atoms with Crippen LogP contribution in [-0.2, 0) is 24.0 Å². The second kappa shape index (κ2) is 13.4. The second-order valence-electron chi connectivity index (χ2n) is 16.8. The number of benzene rings is 1. The highest BCUT2D eigenvalue weighted by atomic mass is 28.3. The van der Waals surface area contributed by atoms with Crippen molar-refractivity contribution in [3.63, 3.8) is 0 Å². The summed E-state index contributed by atoms with van der Waals surface area (Å²) in [6.07, 6.45) is 18.7. The number of aromatic nitrogens is 2. The molecule has 0 spiro atoms. The first kappa shape index (κ1) is 34.7. The molecule has 7 rings (SSSR count). The van der Waals surface area contributed by atoms with Gasteiger partial charge in [0.15, 0.2) is 30.4 Å². The van der Waals surface area contributed by atoms with Gasteiger partial charge in [-0.1, -0.05) is 90.5 Å². The topological polar surface area (TPSA) is 29.0 Å². The maximum atomic E-state index is 6.32. The lowest BCUT2D eigenvalue weighted by Gasteiger charge is -2.33. The van der Waals surface area contributed by atoms with Crippen molar-refractivity contribution in [2.75, 3.05) is 7.05 Å². The van der Waals surface area contributed by atoms with Crippen molar-refractivity contribution < 1.29 is 13.9 Å². The predicted molar refractivity (Wildman–Crippen MR) is 210 cm³/mol. The normalized spacial score (nSPS) is 21.4. The van der Waals surface area contributed by atoms with E-state index in [1.165, 1.54) is 84.2 Å². The number of ether oxygens (including phenoxy) is 1. The minimum Gasteiger partial charge on any atom is -0.442 e. The molecule has 0 bridgehead atoms. The smallest absolute Gasteiger partial charge is 0.220 e. The number of rotatable bonds is 10. The fourth-order valence-electron chi connectivity index (χ4n) is 9.96. The Labute approximate surface area is 302 Å². The number of nitrogens with one attached hydrogen (secondary N) is 1. The highest BCUT2D eigenvalue weighted by molar-refractivity contribution is 6.89. The summed E-state index contributed by atoms with van der Waals surface area (Å²) in [7, 11) is 0.190. The third-order valence-electron chi connectivity index (χ3n) is 12.3. The molecule has 2 aromatic heterocycles. The number of fused-ring (bicyclic) bond motifs is 6. The average molecular weight is 686 g/mol. The molecular weight excluding hydrogens is 627 g/mol. The summed E-state index contributed by atoms with van der Waals surface area (Å²) in [5.74, 6) is 2.58. The van der Waals surface area contributed by atoms with Gasteiger partial charge >= 0.3 is 0 Å². The van der Waals surface area contributed by atoms with Crippen LogP contribution in [0.25, 0.3) is 16.8 Å². The Balaban J connectivity index is 1.47. The van der Waals surface area contributed by atoms with Gasteiger partial charge in [0.1, 0.15) is 11.7 Å². The molecule has 1 fully saturated rings. The highest BCUT2D eigenvalue weighted by Gasteiger charge is 2.53. The molecule has 0 saturated heterocycles. The molecule has 50 heavy (non-hydrogen) atoms. The van der Waals surface area contributed by atoms with Gasteiger partial charge in [-0.05, 0) is 86.3 Å². The van der Waals surface area contributed by atoms with Gasteiger partial charge in [0.25, 0.3) is 0 Å². The Kier molecular flexibility index (Phi) is 9.34. The van der Waals surface area contributed by atoms with E-state index < -0.39 is 8.07 Å². The summed E-state index contributed by atoms with van der Waals surface area (Å²) in [6.45, 7) is 27.9. The Morgan fingerprint density at radius 3 is 2.36 bits per heavy atom. The van der Waals surface area contributed by atoms with E-state index in [2.05, 4.69) is 123 Å². The zero-order valence-corrected chi connectivity index (χ0v) is 32.8. The summed E-state index contributed by atoms with van der Waals surface area (Å²) in [5, 5.41) is 4.69. The molecule has 1 saturated carbocycles. The minimum atomic E-state index is -1.66. The number of pyridine rings is 2. The Morgan fingerprint density at radius 1 is 1.00 bits per heavy atom. The quantitative estimate of drug-likeness (QED) is 0.0998. The molecule has 2 aliphatic carbocycles. The number of nitrogens with zero attached hydrogens (tertiary/aromatic N) is 2. The monoisotopic (exact) mass is 685 g/mol. The highest BCUT2D eigenvalue weighted by Crippen LogP contribution is 2.51. The maximum absolute atomic E-state index is 6.32. The van der Waals surface area contributed by atoms with E-state index in [1.54, 1.807) is 16.3 Å². The van der Waals surface area contributed by atoms with Crippen molar-refractivity contribution >= 4 is 18.8 Å². The molecule has 4 heterocycles. The van der Waals surface area contributed by atoms with Crippen molar-refractivity contribution in [3.05, 3.63) is 119 Å². The summed E-state index contributed by atoms with van der Waals surface area (Å²) in [6, 6.07) is 12.0. The van der Waals surface area contributed by atoms with Gasteiger partial charge in [-0.3, -0.25) is 0 Å². The summed E-state index contributed by atoms with van der Waals surface area (Å²) >= 11 is 0. The van der Waals surface area contributed by atoms with Crippen LogP contribution in [0, 0.1) is 5.92 Å². The van der Waals surface area contributed by atoms with Crippen LogP contribution in [0.15, 0.2) is 85.8 Å². The Morgan fingerprint density at radius 2 is 1.70 bits per heavy atom. The molecule has 1 N–H and O–H groups in total. The van der Waals surface area contributed by atoms with Crippen LogP contribution in [0.5, 0.6) is 0 Å². The lowest BCUT2D eigenvalue weighted by atomic mass is 9.76. The van der Waals surface area contributed by atoms with Gasteiger partial charge in [-0.15, -0.1) is 0 Å². The van der Waals surface area contributed by atoms with Crippen molar-refractivity contribution in [1.82, 2.24) is 5.32 Å². The Bertz CT molecular complexity index is 1900. The molecule has 3 unspecified atom stereocenters. The molecule has 4 nitrogen and oxygen atoms in total. The first-order valence-electron chi connectivity index (χ1n) is 19.3. The zero-order chi connectivity index (χ0) is 35.5. The molecular formula is C45H59N3OSi+2. The van der Waals surface area contributed by atoms with E-state index in [4.69, 9.17) is 4.74 Å². The third kappa shape index (κ3) is 5.83. The van der Waals surface area contributed by atoms with E-state index in [0.29, 0.717) is 17.6 Å². The number of hydrogen-bond acceptors (Lipinski definition) is 2. The van der Waals surface area contributed by atoms with Crippen molar-refractivity contribution in [1.29, 1.82) is 0 Å². The predicted octanol–water partition coefficient (Wildman–Crippen LogP) is 9.28. The van der Waals surface area contributed by atoms with Crippen molar-refractivity contribution in [3.8, 4) is 11.3 Å². The summed E-state index contributed by atoms with van der Waals surface area (Å²) in [5.41, 5.74) is 14.0. The van der Waals surface area contributed by atoms with Crippen LogP contribution in [0.1, 0.15) is 117 Å². The van der Waals surface area contributed by atoms with Crippen LogP contribution in [0.4, 0.5) is 0 Å². The van der Waals surface area contributed by atoms with E-state index in [1.807, 2.05) is 7.05 Å². The number of allylic oxidation sites excluding steroid dienone is 3. The maximum Gasteiger partial charge on any atom is 0.220 e. The fraction of sp³-hybridized carbons (Fsp3) is 0.467. The molecule has 5 heteroatoms.